The summed E-state index contributed by atoms with van der Waals surface area (Å²) < 4.78 is 1.93. The second-order valence-electron chi connectivity index (χ2n) is 4.45. The Morgan fingerprint density at radius 1 is 1.24 bits per heavy atom. The van der Waals surface area contributed by atoms with Crippen molar-refractivity contribution in [1.82, 2.24) is 14.8 Å². The average molecular weight is 228 g/mol. The maximum Gasteiger partial charge on any atom is 0.154 e. The van der Waals surface area contributed by atoms with E-state index in [1.165, 1.54) is 12.8 Å². The molecule has 4 heteroatoms. The van der Waals surface area contributed by atoms with Crippen molar-refractivity contribution in [3.8, 4) is 5.69 Å². The van der Waals surface area contributed by atoms with Crippen molar-refractivity contribution < 1.29 is 0 Å². The van der Waals surface area contributed by atoms with Gasteiger partial charge in [0.05, 0.1) is 5.69 Å². The molecule has 0 radical (unpaired) electrons. The average Bonchev–Trinajstić information content (AvgIpc) is 3.13. The van der Waals surface area contributed by atoms with Gasteiger partial charge < -0.3 is 5.73 Å². The predicted octanol–water partition coefficient (Wildman–Crippen LogP) is 1.65. The van der Waals surface area contributed by atoms with E-state index in [4.69, 9.17) is 5.73 Å². The van der Waals surface area contributed by atoms with Crippen LogP contribution >= 0.6 is 0 Å². The lowest BCUT2D eigenvalue weighted by molar-refractivity contribution is 0.770. The second kappa shape index (κ2) is 4.30. The molecule has 1 heterocycles. The summed E-state index contributed by atoms with van der Waals surface area (Å²) in [6, 6.07) is 10.1. The first-order chi connectivity index (χ1) is 8.38. The normalized spacial score (nSPS) is 15.1. The van der Waals surface area contributed by atoms with Crippen molar-refractivity contribution in [3.05, 3.63) is 42.0 Å². The molecule has 1 aromatic carbocycles. The van der Waals surface area contributed by atoms with Gasteiger partial charge in [0.1, 0.15) is 5.82 Å². The maximum absolute atomic E-state index is 5.63. The molecule has 0 unspecified atom stereocenters. The van der Waals surface area contributed by atoms with Crippen LogP contribution in [0, 0.1) is 0 Å². The van der Waals surface area contributed by atoms with E-state index in [-0.39, 0.29) is 0 Å². The van der Waals surface area contributed by atoms with Gasteiger partial charge in [-0.2, -0.15) is 5.10 Å². The van der Waals surface area contributed by atoms with Gasteiger partial charge in [0.15, 0.2) is 5.82 Å². The fourth-order valence-electron chi connectivity index (χ4n) is 1.94. The number of rotatable bonds is 4. The first-order valence-electron chi connectivity index (χ1n) is 6.10. The number of para-hydroxylation sites is 1. The minimum atomic E-state index is 0.580. The van der Waals surface area contributed by atoms with Crippen LogP contribution in [-0.2, 0) is 6.42 Å². The Morgan fingerprint density at radius 2 is 2.00 bits per heavy atom. The van der Waals surface area contributed by atoms with E-state index in [0.29, 0.717) is 12.5 Å². The molecule has 4 nitrogen and oxygen atoms in total. The zero-order valence-electron chi connectivity index (χ0n) is 9.71. The van der Waals surface area contributed by atoms with E-state index in [0.717, 1.165) is 23.8 Å². The fourth-order valence-corrected chi connectivity index (χ4v) is 1.94. The van der Waals surface area contributed by atoms with E-state index in [2.05, 4.69) is 10.1 Å². The third-order valence-electron chi connectivity index (χ3n) is 3.00. The van der Waals surface area contributed by atoms with Gasteiger partial charge in [0.25, 0.3) is 0 Å². The molecule has 3 rings (SSSR count). The van der Waals surface area contributed by atoms with Crippen LogP contribution in [0.2, 0.25) is 0 Å². The van der Waals surface area contributed by atoms with Gasteiger partial charge in [0, 0.05) is 12.3 Å². The molecule has 0 amide bonds. The molecule has 0 bridgehead atoms. The fraction of sp³-hybridized carbons (Fsp3) is 0.385. The van der Waals surface area contributed by atoms with Crippen LogP contribution in [0.5, 0.6) is 0 Å². The molecule has 0 aliphatic heterocycles. The molecule has 1 fully saturated rings. The van der Waals surface area contributed by atoms with Crippen LogP contribution in [-0.4, -0.2) is 21.3 Å². The van der Waals surface area contributed by atoms with Crippen molar-refractivity contribution >= 4 is 0 Å². The first-order valence-corrected chi connectivity index (χ1v) is 6.10. The molecule has 0 saturated heterocycles. The summed E-state index contributed by atoms with van der Waals surface area (Å²) >= 11 is 0. The monoisotopic (exact) mass is 228 g/mol. The SMILES string of the molecule is NCCc1nc(C2CC2)nn1-c1ccccc1. The molecule has 1 aromatic heterocycles. The van der Waals surface area contributed by atoms with Crippen LogP contribution in [0.15, 0.2) is 30.3 Å². The van der Waals surface area contributed by atoms with E-state index in [1.807, 2.05) is 35.0 Å². The van der Waals surface area contributed by atoms with Crippen LogP contribution in [0.25, 0.3) is 5.69 Å². The Kier molecular flexibility index (Phi) is 2.65. The number of benzene rings is 1. The maximum atomic E-state index is 5.63. The molecule has 1 aliphatic rings. The minimum absolute atomic E-state index is 0.580. The topological polar surface area (TPSA) is 56.7 Å². The lowest BCUT2D eigenvalue weighted by Crippen LogP contribution is -2.09. The summed E-state index contributed by atoms with van der Waals surface area (Å²) in [6.45, 7) is 0.607. The minimum Gasteiger partial charge on any atom is -0.330 e. The second-order valence-corrected chi connectivity index (χ2v) is 4.45. The number of hydrogen-bond donors (Lipinski definition) is 1. The van der Waals surface area contributed by atoms with Crippen molar-refractivity contribution in [2.45, 2.75) is 25.2 Å². The molecule has 1 aliphatic carbocycles. The Hall–Kier alpha value is -1.68. The number of nitrogens with two attached hydrogens (primary N) is 1. The highest BCUT2D eigenvalue weighted by Gasteiger charge is 2.28. The smallest absolute Gasteiger partial charge is 0.154 e. The van der Waals surface area contributed by atoms with Crippen molar-refractivity contribution in [2.24, 2.45) is 5.73 Å². The summed E-state index contributed by atoms with van der Waals surface area (Å²) in [4.78, 5) is 4.61. The standard InChI is InChI=1S/C13H16N4/c14-9-8-12-15-13(10-6-7-10)16-17(12)11-4-2-1-3-5-11/h1-5,10H,6-9,14H2. The molecular formula is C13H16N4. The van der Waals surface area contributed by atoms with Crippen molar-refractivity contribution in [3.63, 3.8) is 0 Å². The number of aromatic nitrogens is 3. The Bertz CT molecular complexity index is 499. The Labute approximate surface area is 100 Å². The zero-order valence-corrected chi connectivity index (χ0v) is 9.71. The highest BCUT2D eigenvalue weighted by atomic mass is 15.4. The van der Waals surface area contributed by atoms with E-state index in [9.17, 15) is 0 Å². The van der Waals surface area contributed by atoms with E-state index in [1.54, 1.807) is 0 Å². The molecule has 2 aromatic rings. The Balaban J connectivity index is 2.01. The highest BCUT2D eigenvalue weighted by Crippen LogP contribution is 2.38. The van der Waals surface area contributed by atoms with Crippen LogP contribution < -0.4 is 5.73 Å². The molecule has 1 saturated carbocycles. The molecule has 88 valence electrons. The largest absolute Gasteiger partial charge is 0.330 e. The summed E-state index contributed by atoms with van der Waals surface area (Å²) in [5, 5.41) is 4.61. The molecular weight excluding hydrogens is 212 g/mol. The van der Waals surface area contributed by atoms with Gasteiger partial charge in [-0.3, -0.25) is 0 Å². The molecule has 0 spiro atoms. The lowest BCUT2D eigenvalue weighted by Gasteiger charge is -2.03. The van der Waals surface area contributed by atoms with E-state index < -0.39 is 0 Å². The molecule has 17 heavy (non-hydrogen) atoms. The van der Waals surface area contributed by atoms with Crippen LogP contribution in [0.3, 0.4) is 0 Å². The lowest BCUT2D eigenvalue weighted by atomic mass is 10.3. The molecule has 2 N–H and O–H groups in total. The quantitative estimate of drug-likeness (QED) is 0.865. The van der Waals surface area contributed by atoms with Gasteiger partial charge in [0.2, 0.25) is 0 Å². The summed E-state index contributed by atoms with van der Waals surface area (Å²) in [5.74, 6) is 2.54. The zero-order chi connectivity index (χ0) is 11.7. The first kappa shape index (κ1) is 10.5. The van der Waals surface area contributed by atoms with Crippen molar-refractivity contribution in [2.75, 3.05) is 6.54 Å². The van der Waals surface area contributed by atoms with Crippen molar-refractivity contribution in [1.29, 1.82) is 0 Å². The van der Waals surface area contributed by atoms with Gasteiger partial charge in [-0.25, -0.2) is 9.67 Å². The highest BCUT2D eigenvalue weighted by molar-refractivity contribution is 5.31. The molecule has 0 atom stereocenters. The summed E-state index contributed by atoms with van der Waals surface area (Å²) in [6.07, 6.45) is 3.22. The summed E-state index contributed by atoms with van der Waals surface area (Å²) in [7, 11) is 0. The number of hydrogen-bond acceptors (Lipinski definition) is 3. The van der Waals surface area contributed by atoms with Gasteiger partial charge in [-0.05, 0) is 31.5 Å². The third kappa shape index (κ3) is 2.08. The third-order valence-corrected chi connectivity index (χ3v) is 3.00. The van der Waals surface area contributed by atoms with Gasteiger partial charge >= 0.3 is 0 Å². The van der Waals surface area contributed by atoms with E-state index >= 15 is 0 Å². The van der Waals surface area contributed by atoms with Gasteiger partial charge in [-0.15, -0.1) is 0 Å². The van der Waals surface area contributed by atoms with Gasteiger partial charge in [-0.1, -0.05) is 18.2 Å². The predicted molar refractivity (Wildman–Crippen MR) is 66.1 cm³/mol. The Morgan fingerprint density at radius 3 is 2.65 bits per heavy atom. The number of nitrogens with zero attached hydrogens (tertiary/aromatic N) is 3. The summed E-state index contributed by atoms with van der Waals surface area (Å²) in [5.41, 5.74) is 6.69. The van der Waals surface area contributed by atoms with Crippen LogP contribution in [0.1, 0.15) is 30.4 Å². The van der Waals surface area contributed by atoms with Crippen LogP contribution in [0.4, 0.5) is 0 Å².